The minimum absolute atomic E-state index is 0.0471. The van der Waals surface area contributed by atoms with Crippen LogP contribution in [0.1, 0.15) is 12.8 Å². The first-order valence-electron chi connectivity index (χ1n) is 6.25. The van der Waals surface area contributed by atoms with Gasteiger partial charge in [0.15, 0.2) is 0 Å². The molecule has 0 aromatic carbocycles. The van der Waals surface area contributed by atoms with E-state index in [0.717, 1.165) is 12.8 Å². The van der Waals surface area contributed by atoms with Crippen molar-refractivity contribution in [2.45, 2.75) is 18.9 Å². The number of nitrogens with one attached hydrogen (secondary N) is 1. The maximum atomic E-state index is 12.0. The van der Waals surface area contributed by atoms with Crippen LogP contribution in [0.15, 0.2) is 0 Å². The molecule has 104 valence electrons. The first-order valence-corrected chi connectivity index (χ1v) is 6.25. The van der Waals surface area contributed by atoms with Crippen molar-refractivity contribution in [3.05, 3.63) is 0 Å². The molecule has 0 aliphatic heterocycles. The third kappa shape index (κ3) is 5.46. The van der Waals surface area contributed by atoms with Crippen molar-refractivity contribution in [2.24, 2.45) is 0 Å². The monoisotopic (exact) mass is 257 g/mol. The summed E-state index contributed by atoms with van der Waals surface area (Å²) >= 11 is 0. The van der Waals surface area contributed by atoms with Crippen LogP contribution in [0.25, 0.3) is 0 Å². The third-order valence-electron chi connectivity index (χ3n) is 2.86. The summed E-state index contributed by atoms with van der Waals surface area (Å²) in [4.78, 5) is 26.6. The number of nitrogens with zero attached hydrogens (tertiary/aromatic N) is 2. The molecule has 6 nitrogen and oxygen atoms in total. The lowest BCUT2D eigenvalue weighted by molar-refractivity contribution is -0.139. The summed E-state index contributed by atoms with van der Waals surface area (Å²) in [6.07, 6.45) is 2.28. The maximum absolute atomic E-state index is 12.0. The van der Waals surface area contributed by atoms with E-state index in [4.69, 9.17) is 4.74 Å². The second-order valence-corrected chi connectivity index (χ2v) is 4.75. The highest BCUT2D eigenvalue weighted by Gasteiger charge is 2.23. The Hall–Kier alpha value is -1.14. The average molecular weight is 257 g/mol. The highest BCUT2D eigenvalue weighted by atomic mass is 16.5. The van der Waals surface area contributed by atoms with Crippen LogP contribution in [0, 0.1) is 0 Å². The van der Waals surface area contributed by atoms with E-state index in [9.17, 15) is 9.59 Å². The zero-order valence-electron chi connectivity index (χ0n) is 11.4. The quantitative estimate of drug-likeness (QED) is 0.625. The minimum Gasteiger partial charge on any atom is -0.383 e. The van der Waals surface area contributed by atoms with E-state index in [1.807, 2.05) is 0 Å². The van der Waals surface area contributed by atoms with E-state index in [2.05, 4.69) is 5.32 Å². The van der Waals surface area contributed by atoms with E-state index in [-0.39, 0.29) is 18.4 Å². The summed E-state index contributed by atoms with van der Waals surface area (Å²) in [5.41, 5.74) is 0. The number of carbonyl (C=O) groups is 2. The van der Waals surface area contributed by atoms with Crippen LogP contribution in [0.2, 0.25) is 0 Å². The molecule has 0 aromatic rings. The van der Waals surface area contributed by atoms with Crippen molar-refractivity contribution in [2.75, 3.05) is 47.4 Å². The summed E-state index contributed by atoms with van der Waals surface area (Å²) in [6, 6.07) is 0.489. The smallest absolute Gasteiger partial charge is 0.241 e. The summed E-state index contributed by atoms with van der Waals surface area (Å²) in [5, 5.41) is 3.16. The Morgan fingerprint density at radius 1 is 1.28 bits per heavy atom. The Bertz CT molecular complexity index is 290. The fourth-order valence-corrected chi connectivity index (χ4v) is 1.43. The topological polar surface area (TPSA) is 61.9 Å². The van der Waals surface area contributed by atoms with Crippen molar-refractivity contribution >= 4 is 11.8 Å². The molecule has 1 aliphatic carbocycles. The van der Waals surface area contributed by atoms with Gasteiger partial charge in [-0.05, 0) is 12.8 Å². The Balaban J connectivity index is 2.40. The Morgan fingerprint density at radius 2 is 1.94 bits per heavy atom. The fourth-order valence-electron chi connectivity index (χ4n) is 1.43. The summed E-state index contributed by atoms with van der Waals surface area (Å²) in [6.45, 7) is 1.30. The van der Waals surface area contributed by atoms with Crippen LogP contribution in [-0.4, -0.2) is 75.1 Å². The average Bonchev–Trinajstić information content (AvgIpc) is 3.14. The first-order chi connectivity index (χ1) is 8.54. The highest BCUT2D eigenvalue weighted by Crippen LogP contribution is 2.18. The number of carbonyl (C=O) groups excluding carboxylic acids is 2. The molecule has 1 N–H and O–H groups in total. The number of hydrogen-bond donors (Lipinski definition) is 1. The number of methoxy groups -OCH3 is 1. The van der Waals surface area contributed by atoms with Crippen molar-refractivity contribution in [3.63, 3.8) is 0 Å². The van der Waals surface area contributed by atoms with Crippen LogP contribution in [0.4, 0.5) is 0 Å². The summed E-state index contributed by atoms with van der Waals surface area (Å²) in [5.74, 6) is -0.125. The fraction of sp³-hybridized carbons (Fsp3) is 0.833. The van der Waals surface area contributed by atoms with Gasteiger partial charge in [0.2, 0.25) is 11.8 Å². The molecular weight excluding hydrogens is 234 g/mol. The number of rotatable bonds is 8. The van der Waals surface area contributed by atoms with Gasteiger partial charge < -0.3 is 19.9 Å². The molecule has 1 saturated carbocycles. The molecule has 0 saturated heterocycles. The van der Waals surface area contributed by atoms with Gasteiger partial charge in [0.05, 0.1) is 19.7 Å². The third-order valence-corrected chi connectivity index (χ3v) is 2.86. The summed E-state index contributed by atoms with van der Waals surface area (Å²) < 4.78 is 4.96. The lowest BCUT2D eigenvalue weighted by Crippen LogP contribution is -2.45. The second kappa shape index (κ2) is 7.33. The van der Waals surface area contributed by atoms with Gasteiger partial charge in [0, 0.05) is 33.8 Å². The van der Waals surface area contributed by atoms with Crippen LogP contribution < -0.4 is 5.32 Å². The van der Waals surface area contributed by atoms with Gasteiger partial charge in [-0.3, -0.25) is 9.59 Å². The Kier molecular flexibility index (Phi) is 6.07. The number of likely N-dealkylation sites (N-methyl/N-ethyl adjacent to an activating group) is 1. The van der Waals surface area contributed by atoms with E-state index in [1.54, 1.807) is 26.1 Å². The van der Waals surface area contributed by atoms with Crippen LogP contribution >= 0.6 is 0 Å². The molecule has 6 heteroatoms. The number of ether oxygens (including phenoxy) is 1. The zero-order chi connectivity index (χ0) is 13.5. The van der Waals surface area contributed by atoms with E-state index in [1.165, 1.54) is 4.90 Å². The number of hydrogen-bond acceptors (Lipinski definition) is 4. The largest absolute Gasteiger partial charge is 0.383 e. The first kappa shape index (κ1) is 14.9. The molecule has 0 heterocycles. The standard InChI is InChI=1S/C12H23N3O3/c1-14(2)12(17)9-15(6-7-18-3)11(16)8-13-10-4-5-10/h10,13H,4-9H2,1-3H3. The molecule has 1 rings (SSSR count). The van der Waals surface area contributed by atoms with Crippen molar-refractivity contribution in [1.82, 2.24) is 15.1 Å². The van der Waals surface area contributed by atoms with Crippen LogP contribution in [0.3, 0.4) is 0 Å². The van der Waals surface area contributed by atoms with Crippen molar-refractivity contribution < 1.29 is 14.3 Å². The maximum Gasteiger partial charge on any atom is 0.241 e. The van der Waals surface area contributed by atoms with Gasteiger partial charge >= 0.3 is 0 Å². The molecule has 0 aromatic heterocycles. The van der Waals surface area contributed by atoms with Gasteiger partial charge in [-0.15, -0.1) is 0 Å². The molecule has 0 atom stereocenters. The molecule has 2 amide bonds. The minimum atomic E-state index is -0.0779. The summed E-state index contributed by atoms with van der Waals surface area (Å²) in [7, 11) is 4.95. The normalized spacial score (nSPS) is 14.4. The Labute approximate surface area is 108 Å². The Morgan fingerprint density at radius 3 is 2.44 bits per heavy atom. The number of amides is 2. The van der Waals surface area contributed by atoms with Crippen LogP contribution in [0.5, 0.6) is 0 Å². The van der Waals surface area contributed by atoms with E-state index in [0.29, 0.717) is 25.7 Å². The molecule has 0 radical (unpaired) electrons. The molecule has 1 aliphatic rings. The predicted octanol–water partition coefficient (Wildman–Crippen LogP) is -0.698. The van der Waals surface area contributed by atoms with Gasteiger partial charge in [0.25, 0.3) is 0 Å². The molecule has 0 unspecified atom stereocenters. The van der Waals surface area contributed by atoms with Gasteiger partial charge in [-0.2, -0.15) is 0 Å². The SMILES string of the molecule is COCCN(CC(=O)N(C)C)C(=O)CNC1CC1. The van der Waals surface area contributed by atoms with E-state index >= 15 is 0 Å². The molecule has 0 bridgehead atoms. The second-order valence-electron chi connectivity index (χ2n) is 4.75. The van der Waals surface area contributed by atoms with Crippen LogP contribution in [-0.2, 0) is 14.3 Å². The molecule has 1 fully saturated rings. The predicted molar refractivity (Wildman–Crippen MR) is 68.2 cm³/mol. The van der Waals surface area contributed by atoms with Gasteiger partial charge in [0.1, 0.15) is 0 Å². The lowest BCUT2D eigenvalue weighted by Gasteiger charge is -2.23. The molecule has 18 heavy (non-hydrogen) atoms. The van der Waals surface area contributed by atoms with Gasteiger partial charge in [-0.1, -0.05) is 0 Å². The van der Waals surface area contributed by atoms with Crippen molar-refractivity contribution in [3.8, 4) is 0 Å². The zero-order valence-corrected chi connectivity index (χ0v) is 11.4. The van der Waals surface area contributed by atoms with E-state index < -0.39 is 0 Å². The molecular formula is C12H23N3O3. The highest BCUT2D eigenvalue weighted by molar-refractivity contribution is 5.85. The van der Waals surface area contributed by atoms with Crippen molar-refractivity contribution in [1.29, 1.82) is 0 Å². The lowest BCUT2D eigenvalue weighted by atomic mass is 10.4. The molecule has 0 spiro atoms. The van der Waals surface area contributed by atoms with Gasteiger partial charge in [-0.25, -0.2) is 0 Å².